The summed E-state index contributed by atoms with van der Waals surface area (Å²) in [5.74, 6) is 0.990. The number of nitrogens with zero attached hydrogens (tertiary/aromatic N) is 2. The van der Waals surface area contributed by atoms with Gasteiger partial charge in [0.05, 0.1) is 39.5 Å². The number of carbonyl (C=O) groups excluding carboxylic acids is 2. The second-order valence-corrected chi connectivity index (χ2v) is 8.47. The Morgan fingerprint density at radius 1 is 1.15 bits per heavy atom. The van der Waals surface area contributed by atoms with Crippen LogP contribution in [0.3, 0.4) is 0 Å². The molecule has 0 spiro atoms. The van der Waals surface area contributed by atoms with Gasteiger partial charge in [-0.3, -0.25) is 9.59 Å². The van der Waals surface area contributed by atoms with Crippen LogP contribution in [0.1, 0.15) is 39.6 Å². The standard InChI is InChI=1S/C24H25N3O5S/c1-14-13-33-24(25-14)26-21(28)11-18(27-12-15-7-5-6-8-17(15)23(27)29)16-9-19(30-2)22(32-4)20(10-16)31-3/h5-10,13,18H,11-12H2,1-4H3,(H,25,26,28). The molecule has 0 saturated heterocycles. The van der Waals surface area contributed by atoms with E-state index in [1.165, 1.54) is 32.7 Å². The van der Waals surface area contributed by atoms with Gasteiger partial charge in [0.2, 0.25) is 11.7 Å². The molecule has 2 heterocycles. The molecule has 1 atom stereocenters. The maximum atomic E-state index is 13.3. The van der Waals surface area contributed by atoms with Crippen LogP contribution in [-0.2, 0) is 11.3 Å². The van der Waals surface area contributed by atoms with E-state index in [9.17, 15) is 9.59 Å². The Kier molecular flexibility index (Phi) is 6.50. The molecule has 3 aromatic rings. The van der Waals surface area contributed by atoms with Crippen LogP contribution in [0.5, 0.6) is 17.2 Å². The monoisotopic (exact) mass is 467 g/mol. The Morgan fingerprint density at radius 2 is 1.85 bits per heavy atom. The SMILES string of the molecule is COc1cc(C(CC(=O)Nc2nc(C)cs2)N2Cc3ccccc3C2=O)cc(OC)c1OC. The first-order valence-electron chi connectivity index (χ1n) is 10.4. The summed E-state index contributed by atoms with van der Waals surface area (Å²) in [5, 5.41) is 5.24. The van der Waals surface area contributed by atoms with E-state index in [1.807, 2.05) is 36.6 Å². The number of hydrogen-bond donors (Lipinski definition) is 1. The topological polar surface area (TPSA) is 90.0 Å². The molecule has 172 valence electrons. The lowest BCUT2D eigenvalue weighted by molar-refractivity contribution is -0.117. The maximum Gasteiger partial charge on any atom is 0.255 e. The van der Waals surface area contributed by atoms with Gasteiger partial charge in [0, 0.05) is 17.5 Å². The maximum absolute atomic E-state index is 13.3. The van der Waals surface area contributed by atoms with Gasteiger partial charge in [0.15, 0.2) is 16.6 Å². The molecule has 1 aliphatic heterocycles. The number of amides is 2. The lowest BCUT2D eigenvalue weighted by Gasteiger charge is -2.29. The Morgan fingerprint density at radius 3 is 2.42 bits per heavy atom. The van der Waals surface area contributed by atoms with E-state index in [0.717, 1.165) is 11.3 Å². The first-order valence-corrected chi connectivity index (χ1v) is 11.2. The number of carbonyl (C=O) groups is 2. The van der Waals surface area contributed by atoms with Gasteiger partial charge in [-0.25, -0.2) is 4.98 Å². The molecule has 1 aromatic heterocycles. The molecule has 0 fully saturated rings. The molecule has 8 nitrogen and oxygen atoms in total. The van der Waals surface area contributed by atoms with E-state index in [1.54, 1.807) is 17.0 Å². The van der Waals surface area contributed by atoms with Crippen LogP contribution in [0.2, 0.25) is 0 Å². The molecule has 1 aliphatic rings. The van der Waals surface area contributed by atoms with Crippen molar-refractivity contribution in [2.75, 3.05) is 26.6 Å². The van der Waals surface area contributed by atoms with E-state index in [4.69, 9.17) is 14.2 Å². The Bertz CT molecular complexity index is 1170. The molecule has 0 bridgehead atoms. The van der Waals surface area contributed by atoms with Crippen molar-refractivity contribution >= 4 is 28.3 Å². The van der Waals surface area contributed by atoms with Gasteiger partial charge >= 0.3 is 0 Å². The largest absolute Gasteiger partial charge is 0.493 e. The molecular formula is C24H25N3O5S. The minimum atomic E-state index is -0.556. The average Bonchev–Trinajstić information content (AvgIpc) is 3.38. The van der Waals surface area contributed by atoms with Gasteiger partial charge < -0.3 is 24.4 Å². The van der Waals surface area contributed by atoms with Crippen molar-refractivity contribution in [2.24, 2.45) is 0 Å². The smallest absolute Gasteiger partial charge is 0.255 e. The zero-order valence-corrected chi connectivity index (χ0v) is 19.7. The summed E-state index contributed by atoms with van der Waals surface area (Å²) in [6, 6.07) is 10.5. The number of nitrogens with one attached hydrogen (secondary N) is 1. The zero-order valence-electron chi connectivity index (χ0n) is 18.9. The van der Waals surface area contributed by atoms with Gasteiger partial charge in [-0.1, -0.05) is 18.2 Å². The highest BCUT2D eigenvalue weighted by molar-refractivity contribution is 7.13. The van der Waals surface area contributed by atoms with Gasteiger partial charge in [0.25, 0.3) is 5.91 Å². The highest BCUT2D eigenvalue weighted by atomic mass is 32.1. The molecule has 0 saturated carbocycles. The quantitative estimate of drug-likeness (QED) is 0.534. The number of anilines is 1. The predicted molar refractivity (Wildman–Crippen MR) is 125 cm³/mol. The number of thiazole rings is 1. The average molecular weight is 468 g/mol. The normalized spacial score (nSPS) is 13.5. The molecule has 4 rings (SSSR count). The molecule has 0 aliphatic carbocycles. The summed E-state index contributed by atoms with van der Waals surface area (Å²) < 4.78 is 16.4. The highest BCUT2D eigenvalue weighted by Crippen LogP contribution is 2.43. The van der Waals surface area contributed by atoms with Crippen LogP contribution in [-0.4, -0.2) is 43.0 Å². The third-order valence-corrected chi connectivity index (χ3v) is 6.42. The van der Waals surface area contributed by atoms with Crippen LogP contribution in [0.4, 0.5) is 5.13 Å². The van der Waals surface area contributed by atoms with Gasteiger partial charge in [-0.15, -0.1) is 11.3 Å². The van der Waals surface area contributed by atoms with E-state index in [-0.39, 0.29) is 18.2 Å². The van der Waals surface area contributed by atoms with Crippen molar-refractivity contribution in [2.45, 2.75) is 25.9 Å². The molecule has 0 radical (unpaired) electrons. The van der Waals surface area contributed by atoms with E-state index >= 15 is 0 Å². The summed E-state index contributed by atoms with van der Waals surface area (Å²) in [5.41, 5.74) is 3.11. The summed E-state index contributed by atoms with van der Waals surface area (Å²) in [4.78, 5) is 32.3. The third kappa shape index (κ3) is 4.49. The second kappa shape index (κ2) is 9.50. The number of benzene rings is 2. The number of methoxy groups -OCH3 is 3. The molecule has 2 aromatic carbocycles. The number of aryl methyl sites for hydroxylation is 1. The molecule has 9 heteroatoms. The number of aromatic nitrogens is 1. The number of ether oxygens (including phenoxy) is 3. The van der Waals surface area contributed by atoms with Crippen LogP contribution in [0.15, 0.2) is 41.8 Å². The van der Waals surface area contributed by atoms with E-state index in [2.05, 4.69) is 10.3 Å². The molecular weight excluding hydrogens is 442 g/mol. The second-order valence-electron chi connectivity index (χ2n) is 7.61. The zero-order chi connectivity index (χ0) is 23.5. The molecule has 1 unspecified atom stereocenters. The summed E-state index contributed by atoms with van der Waals surface area (Å²) >= 11 is 1.36. The fourth-order valence-electron chi connectivity index (χ4n) is 3.99. The van der Waals surface area contributed by atoms with E-state index in [0.29, 0.717) is 40.1 Å². The fourth-order valence-corrected chi connectivity index (χ4v) is 4.69. The van der Waals surface area contributed by atoms with Crippen molar-refractivity contribution in [1.29, 1.82) is 0 Å². The van der Waals surface area contributed by atoms with Crippen LogP contribution < -0.4 is 19.5 Å². The highest BCUT2D eigenvalue weighted by Gasteiger charge is 2.35. The number of fused-ring (bicyclic) bond motifs is 1. The number of rotatable bonds is 8. The van der Waals surface area contributed by atoms with Crippen molar-refractivity contribution < 1.29 is 23.8 Å². The van der Waals surface area contributed by atoms with Gasteiger partial charge in [-0.2, -0.15) is 0 Å². The minimum Gasteiger partial charge on any atom is -0.493 e. The predicted octanol–water partition coefficient (Wildman–Crippen LogP) is 4.20. The summed E-state index contributed by atoms with van der Waals surface area (Å²) in [7, 11) is 4.59. The van der Waals surface area contributed by atoms with Crippen molar-refractivity contribution in [3.05, 3.63) is 64.2 Å². The van der Waals surface area contributed by atoms with Crippen molar-refractivity contribution in [1.82, 2.24) is 9.88 Å². The Labute approximate surface area is 196 Å². The summed E-state index contributed by atoms with van der Waals surface area (Å²) in [6.07, 6.45) is 0.0387. The van der Waals surface area contributed by atoms with E-state index < -0.39 is 6.04 Å². The lowest BCUT2D eigenvalue weighted by atomic mass is 10.00. The third-order valence-electron chi connectivity index (χ3n) is 5.54. The molecule has 2 amide bonds. The first kappa shape index (κ1) is 22.6. The van der Waals surface area contributed by atoms with Gasteiger partial charge in [0.1, 0.15) is 0 Å². The Hall–Kier alpha value is -3.59. The fraction of sp³-hybridized carbons (Fsp3) is 0.292. The van der Waals surface area contributed by atoms with Crippen molar-refractivity contribution in [3.63, 3.8) is 0 Å². The van der Waals surface area contributed by atoms with Gasteiger partial charge in [-0.05, 0) is 36.2 Å². The van der Waals surface area contributed by atoms with Crippen LogP contribution in [0.25, 0.3) is 0 Å². The first-order chi connectivity index (χ1) is 15.9. The van der Waals surface area contributed by atoms with Crippen molar-refractivity contribution in [3.8, 4) is 17.2 Å². The lowest BCUT2D eigenvalue weighted by Crippen LogP contribution is -2.32. The Balaban J connectivity index is 1.72. The number of hydrogen-bond acceptors (Lipinski definition) is 7. The molecule has 33 heavy (non-hydrogen) atoms. The summed E-state index contributed by atoms with van der Waals surface area (Å²) in [6.45, 7) is 2.27. The van der Waals surface area contributed by atoms with Crippen LogP contribution in [0, 0.1) is 6.92 Å². The van der Waals surface area contributed by atoms with Crippen LogP contribution >= 0.6 is 11.3 Å². The minimum absolute atomic E-state index is 0.0387. The molecule has 1 N–H and O–H groups in total.